The first-order valence-electron chi connectivity index (χ1n) is 7.40. The van der Waals surface area contributed by atoms with Crippen LogP contribution in [-0.2, 0) is 9.59 Å². The quantitative estimate of drug-likeness (QED) is 0.374. The van der Waals surface area contributed by atoms with E-state index in [9.17, 15) is 14.4 Å². The number of halogens is 2. The van der Waals surface area contributed by atoms with Gasteiger partial charge < -0.3 is 0 Å². The molecule has 0 spiro atoms. The molecule has 0 saturated carbocycles. The first kappa shape index (κ1) is 18.0. The van der Waals surface area contributed by atoms with Crippen LogP contribution in [0.25, 0.3) is 0 Å². The van der Waals surface area contributed by atoms with Gasteiger partial charge in [0.25, 0.3) is 11.8 Å². The van der Waals surface area contributed by atoms with Crippen molar-refractivity contribution in [2.75, 3.05) is 4.90 Å². The third kappa shape index (κ3) is 3.91. The van der Waals surface area contributed by atoms with Gasteiger partial charge in [0.05, 0.1) is 17.7 Å². The monoisotopic (exact) mass is 513 g/mol. The summed E-state index contributed by atoms with van der Waals surface area (Å²) in [5.41, 5.74) is 6.19. The van der Waals surface area contributed by atoms with Gasteiger partial charge >= 0.3 is 0 Å². The zero-order valence-electron chi connectivity index (χ0n) is 12.8. The topological polar surface area (TPSA) is 78.5 Å². The summed E-state index contributed by atoms with van der Waals surface area (Å²) in [7, 11) is 0. The van der Waals surface area contributed by atoms with Crippen LogP contribution in [0.15, 0.2) is 53.0 Å². The Labute approximate surface area is 166 Å². The predicted octanol–water partition coefficient (Wildman–Crippen LogP) is 2.62. The van der Waals surface area contributed by atoms with Crippen LogP contribution in [0, 0.1) is 3.57 Å². The second-order valence-corrected chi connectivity index (χ2v) is 7.46. The van der Waals surface area contributed by atoms with E-state index in [1.54, 1.807) is 36.4 Å². The van der Waals surface area contributed by atoms with Gasteiger partial charge in [-0.2, -0.15) is 0 Å². The van der Waals surface area contributed by atoms with Gasteiger partial charge in [-0.25, -0.2) is 10.3 Å². The molecule has 1 atom stereocenters. The number of amides is 3. The zero-order chi connectivity index (χ0) is 18.0. The van der Waals surface area contributed by atoms with E-state index in [1.807, 2.05) is 12.1 Å². The fourth-order valence-electron chi connectivity index (χ4n) is 2.47. The Bertz CT molecular complexity index is 841. The highest BCUT2D eigenvalue weighted by molar-refractivity contribution is 14.1. The first-order chi connectivity index (χ1) is 12.0. The van der Waals surface area contributed by atoms with Crippen molar-refractivity contribution >= 4 is 61.9 Å². The van der Waals surface area contributed by atoms with Crippen LogP contribution in [0.4, 0.5) is 5.69 Å². The number of hydrazine groups is 1. The maximum absolute atomic E-state index is 12.5. The van der Waals surface area contributed by atoms with Gasteiger partial charge in [0.15, 0.2) is 0 Å². The van der Waals surface area contributed by atoms with Crippen LogP contribution < -0.4 is 15.8 Å². The summed E-state index contributed by atoms with van der Waals surface area (Å²) in [5.74, 6) is -1.06. The molecule has 1 aliphatic heterocycles. The number of nitrogens with zero attached hydrogens (tertiary/aromatic N) is 1. The highest BCUT2D eigenvalue weighted by Gasteiger charge is 2.39. The number of rotatable bonds is 4. The molecule has 25 heavy (non-hydrogen) atoms. The minimum absolute atomic E-state index is 0.0128. The fraction of sp³-hybridized carbons (Fsp3) is 0.118. The lowest BCUT2D eigenvalue weighted by Gasteiger charge is -2.16. The number of anilines is 1. The van der Waals surface area contributed by atoms with E-state index >= 15 is 0 Å². The average molecular weight is 514 g/mol. The number of carbonyl (C=O) groups excluding carboxylic acids is 3. The highest BCUT2D eigenvalue weighted by atomic mass is 127. The van der Waals surface area contributed by atoms with E-state index in [1.165, 1.54) is 0 Å². The van der Waals surface area contributed by atoms with Crippen LogP contribution in [-0.4, -0.2) is 23.8 Å². The maximum Gasteiger partial charge on any atom is 0.266 e. The molecule has 0 aliphatic carbocycles. The van der Waals surface area contributed by atoms with Crippen molar-refractivity contribution in [3.8, 4) is 0 Å². The molecule has 1 saturated heterocycles. The number of benzene rings is 2. The minimum Gasteiger partial charge on any atom is -0.287 e. The molecule has 2 aromatic carbocycles. The molecule has 1 aliphatic rings. The Morgan fingerprint density at radius 3 is 2.48 bits per heavy atom. The summed E-state index contributed by atoms with van der Waals surface area (Å²) in [6, 6.07) is 13.2. The number of carbonyl (C=O) groups is 3. The summed E-state index contributed by atoms with van der Waals surface area (Å²) >= 11 is 5.38. The molecule has 128 valence electrons. The Hall–Kier alpha value is -1.78. The van der Waals surface area contributed by atoms with Gasteiger partial charge in [-0.05, 0) is 59.0 Å². The summed E-state index contributed by atoms with van der Waals surface area (Å²) in [6.45, 7) is 0. The molecule has 6 nitrogen and oxygen atoms in total. The predicted molar refractivity (Wildman–Crippen MR) is 105 cm³/mol. The van der Waals surface area contributed by atoms with E-state index in [0.29, 0.717) is 11.3 Å². The van der Waals surface area contributed by atoms with E-state index in [0.717, 1.165) is 12.9 Å². The number of nitrogens with one attached hydrogen (secondary N) is 2. The molecule has 1 fully saturated rings. The van der Waals surface area contributed by atoms with E-state index in [-0.39, 0.29) is 18.2 Å². The number of hydrogen-bond acceptors (Lipinski definition) is 4. The van der Waals surface area contributed by atoms with Gasteiger partial charge in [-0.3, -0.25) is 19.8 Å². The lowest BCUT2D eigenvalue weighted by atomic mass is 10.2. The molecule has 3 rings (SSSR count). The second-order valence-electron chi connectivity index (χ2n) is 5.38. The van der Waals surface area contributed by atoms with Crippen molar-refractivity contribution in [2.45, 2.75) is 12.5 Å². The molecule has 0 aromatic heterocycles. The third-order valence-electron chi connectivity index (χ3n) is 3.71. The van der Waals surface area contributed by atoms with Gasteiger partial charge in [-0.1, -0.05) is 28.1 Å². The van der Waals surface area contributed by atoms with Gasteiger partial charge in [-0.15, -0.1) is 0 Å². The van der Waals surface area contributed by atoms with Crippen LogP contribution >= 0.6 is 38.5 Å². The van der Waals surface area contributed by atoms with Crippen molar-refractivity contribution in [2.24, 2.45) is 0 Å². The molecular formula is C17H13BrIN3O3. The molecule has 8 heteroatoms. The Kier molecular flexibility index (Phi) is 5.50. The van der Waals surface area contributed by atoms with Crippen LogP contribution in [0.1, 0.15) is 16.8 Å². The van der Waals surface area contributed by atoms with Crippen molar-refractivity contribution < 1.29 is 14.4 Å². The molecule has 2 aromatic rings. The smallest absolute Gasteiger partial charge is 0.266 e. The standard InChI is InChI=1S/C17H13BrIN3O3/c18-10-5-7-11(8-6-10)22-15(23)9-14(17(22)25)20-21-16(24)12-3-1-2-4-13(12)19/h1-8,14,20H,9H2,(H,21,24). The molecular weight excluding hydrogens is 501 g/mol. The van der Waals surface area contributed by atoms with Gasteiger partial charge in [0.1, 0.15) is 6.04 Å². The average Bonchev–Trinajstić information content (AvgIpc) is 2.88. The van der Waals surface area contributed by atoms with Crippen molar-refractivity contribution in [3.05, 3.63) is 62.1 Å². The van der Waals surface area contributed by atoms with Crippen LogP contribution in [0.2, 0.25) is 0 Å². The maximum atomic E-state index is 12.5. The Morgan fingerprint density at radius 1 is 1.12 bits per heavy atom. The molecule has 0 radical (unpaired) electrons. The normalized spacial score (nSPS) is 17.0. The zero-order valence-corrected chi connectivity index (χ0v) is 16.6. The number of hydrogen-bond donors (Lipinski definition) is 2. The Balaban J connectivity index is 1.67. The fourth-order valence-corrected chi connectivity index (χ4v) is 3.37. The SMILES string of the molecule is O=C(NNC1CC(=O)N(c2ccc(Br)cc2)C1=O)c1ccccc1I. The van der Waals surface area contributed by atoms with Crippen molar-refractivity contribution in [1.29, 1.82) is 0 Å². The molecule has 1 heterocycles. The summed E-state index contributed by atoms with van der Waals surface area (Å²) in [5, 5.41) is 0. The highest BCUT2D eigenvalue weighted by Crippen LogP contribution is 2.24. The van der Waals surface area contributed by atoms with E-state index in [2.05, 4.69) is 49.4 Å². The lowest BCUT2D eigenvalue weighted by Crippen LogP contribution is -2.48. The number of imide groups is 1. The molecule has 0 bridgehead atoms. The van der Waals surface area contributed by atoms with Gasteiger partial charge in [0.2, 0.25) is 5.91 Å². The summed E-state index contributed by atoms with van der Waals surface area (Å²) in [6.07, 6.45) is -0.0128. The van der Waals surface area contributed by atoms with E-state index < -0.39 is 11.9 Å². The first-order valence-corrected chi connectivity index (χ1v) is 9.27. The second kappa shape index (κ2) is 7.63. The molecule has 2 N–H and O–H groups in total. The molecule has 1 unspecified atom stereocenters. The Morgan fingerprint density at radius 2 is 1.80 bits per heavy atom. The van der Waals surface area contributed by atoms with Crippen LogP contribution in [0.3, 0.4) is 0 Å². The summed E-state index contributed by atoms with van der Waals surface area (Å²) < 4.78 is 1.65. The van der Waals surface area contributed by atoms with Gasteiger partial charge in [0, 0.05) is 8.04 Å². The van der Waals surface area contributed by atoms with E-state index in [4.69, 9.17) is 0 Å². The van der Waals surface area contributed by atoms with Crippen molar-refractivity contribution in [3.63, 3.8) is 0 Å². The van der Waals surface area contributed by atoms with Crippen LogP contribution in [0.5, 0.6) is 0 Å². The third-order valence-corrected chi connectivity index (χ3v) is 5.18. The largest absolute Gasteiger partial charge is 0.287 e. The molecule has 3 amide bonds. The minimum atomic E-state index is -0.790. The lowest BCUT2D eigenvalue weighted by molar-refractivity contribution is -0.121. The summed E-state index contributed by atoms with van der Waals surface area (Å²) in [4.78, 5) is 38.0. The van der Waals surface area contributed by atoms with Crippen molar-refractivity contribution in [1.82, 2.24) is 10.9 Å².